The van der Waals surface area contributed by atoms with Crippen molar-refractivity contribution >= 4 is 22.9 Å². The fraction of sp³-hybridized carbons (Fsp3) is 0.350. The molecule has 0 aromatic carbocycles. The number of aryl methyl sites for hydroxylation is 2. The normalized spacial score (nSPS) is 16.2. The SMILES string of the molecule is CCn1c(-c2cnc(C)nc2)nc2c(N[C@@H]3CCN(C(=O)c4cnco4)C3)ncnc21. The Balaban J connectivity index is 1.42. The summed E-state index contributed by atoms with van der Waals surface area (Å²) in [5.74, 6) is 2.18. The van der Waals surface area contributed by atoms with Crippen molar-refractivity contribution in [3.8, 4) is 11.4 Å². The number of carbonyl (C=O) groups is 1. The van der Waals surface area contributed by atoms with Gasteiger partial charge in [-0.2, -0.15) is 0 Å². The molecule has 1 aliphatic rings. The Labute approximate surface area is 177 Å². The minimum atomic E-state index is -0.161. The van der Waals surface area contributed by atoms with E-state index < -0.39 is 0 Å². The van der Waals surface area contributed by atoms with Crippen molar-refractivity contribution in [2.75, 3.05) is 18.4 Å². The standard InChI is InChI=1S/C20H21N9O2/c1-3-29-18(13-6-22-12(2)23-7-13)27-16-17(24-10-25-19(16)29)26-14-4-5-28(9-14)20(30)15-8-21-11-31-15/h6-8,10-11,14H,3-5,9H2,1-2H3,(H,24,25,26)/t14-/m1/s1. The van der Waals surface area contributed by atoms with Gasteiger partial charge in [0, 0.05) is 38.1 Å². The summed E-state index contributed by atoms with van der Waals surface area (Å²) in [7, 11) is 0. The van der Waals surface area contributed by atoms with E-state index >= 15 is 0 Å². The van der Waals surface area contributed by atoms with E-state index in [0.717, 1.165) is 23.5 Å². The molecule has 0 bridgehead atoms. The van der Waals surface area contributed by atoms with Crippen LogP contribution in [0.3, 0.4) is 0 Å². The lowest BCUT2D eigenvalue weighted by atomic mass is 10.2. The second-order valence-electron chi connectivity index (χ2n) is 7.34. The first kappa shape index (κ1) is 19.1. The van der Waals surface area contributed by atoms with Crippen molar-refractivity contribution in [3.63, 3.8) is 0 Å². The van der Waals surface area contributed by atoms with Crippen LogP contribution in [0.5, 0.6) is 0 Å². The molecule has 0 spiro atoms. The average Bonchev–Trinajstić information content (AvgIpc) is 3.54. The summed E-state index contributed by atoms with van der Waals surface area (Å²) in [5, 5.41) is 3.44. The third-order valence-electron chi connectivity index (χ3n) is 5.35. The molecule has 0 unspecified atom stereocenters. The van der Waals surface area contributed by atoms with Gasteiger partial charge in [0.1, 0.15) is 18.0 Å². The molecular formula is C20H21N9O2. The van der Waals surface area contributed by atoms with E-state index in [9.17, 15) is 4.79 Å². The minimum Gasteiger partial charge on any atom is -0.438 e. The fourth-order valence-electron chi connectivity index (χ4n) is 3.80. The van der Waals surface area contributed by atoms with Gasteiger partial charge in [-0.1, -0.05) is 0 Å². The zero-order valence-corrected chi connectivity index (χ0v) is 17.2. The lowest BCUT2D eigenvalue weighted by molar-refractivity contribution is 0.0760. The lowest BCUT2D eigenvalue weighted by Gasteiger charge is -2.16. The average molecular weight is 419 g/mol. The first-order valence-corrected chi connectivity index (χ1v) is 10.1. The molecule has 0 aliphatic carbocycles. The summed E-state index contributed by atoms with van der Waals surface area (Å²) in [6.07, 6.45) is 8.54. The molecule has 0 radical (unpaired) electrons. The van der Waals surface area contributed by atoms with E-state index in [1.807, 2.05) is 18.4 Å². The summed E-state index contributed by atoms with van der Waals surface area (Å²) >= 11 is 0. The molecule has 0 saturated carbocycles. The van der Waals surface area contributed by atoms with Gasteiger partial charge in [0.05, 0.1) is 11.8 Å². The summed E-state index contributed by atoms with van der Waals surface area (Å²) < 4.78 is 7.15. The first-order valence-electron chi connectivity index (χ1n) is 10.1. The summed E-state index contributed by atoms with van der Waals surface area (Å²) in [5.41, 5.74) is 2.24. The topological polar surface area (TPSA) is 128 Å². The quantitative estimate of drug-likeness (QED) is 0.516. The number of likely N-dealkylation sites (tertiary alicyclic amines) is 1. The number of oxazole rings is 1. The highest BCUT2D eigenvalue weighted by molar-refractivity contribution is 5.91. The third kappa shape index (κ3) is 3.47. The van der Waals surface area contributed by atoms with Gasteiger partial charge >= 0.3 is 0 Å². The van der Waals surface area contributed by atoms with E-state index in [1.54, 1.807) is 17.3 Å². The number of rotatable bonds is 5. The van der Waals surface area contributed by atoms with Crippen LogP contribution in [0.15, 0.2) is 35.7 Å². The van der Waals surface area contributed by atoms with E-state index in [2.05, 4.69) is 30.2 Å². The molecule has 1 saturated heterocycles. The van der Waals surface area contributed by atoms with Gasteiger partial charge in [-0.15, -0.1) is 0 Å². The number of hydrogen-bond acceptors (Lipinski definition) is 9. The van der Waals surface area contributed by atoms with Crippen LogP contribution < -0.4 is 5.32 Å². The van der Waals surface area contributed by atoms with Crippen LogP contribution >= 0.6 is 0 Å². The van der Waals surface area contributed by atoms with Crippen LogP contribution in [0.4, 0.5) is 5.82 Å². The number of fused-ring (bicyclic) bond motifs is 1. The zero-order valence-electron chi connectivity index (χ0n) is 17.2. The molecule has 11 nitrogen and oxygen atoms in total. The molecule has 5 heterocycles. The molecule has 158 valence electrons. The Bertz CT molecular complexity index is 1220. The molecular weight excluding hydrogens is 398 g/mol. The molecule has 1 atom stereocenters. The number of carbonyl (C=O) groups excluding carboxylic acids is 1. The molecule has 4 aromatic heterocycles. The zero-order chi connectivity index (χ0) is 21.4. The Morgan fingerprint density at radius 3 is 2.81 bits per heavy atom. The van der Waals surface area contributed by atoms with E-state index in [1.165, 1.54) is 18.9 Å². The van der Waals surface area contributed by atoms with Gasteiger partial charge in [-0.3, -0.25) is 4.79 Å². The van der Waals surface area contributed by atoms with Crippen LogP contribution in [0, 0.1) is 6.92 Å². The second kappa shape index (κ2) is 7.74. The predicted molar refractivity (Wildman–Crippen MR) is 111 cm³/mol. The van der Waals surface area contributed by atoms with Crippen LogP contribution in [0.25, 0.3) is 22.6 Å². The van der Waals surface area contributed by atoms with Crippen LogP contribution in [-0.2, 0) is 6.54 Å². The number of nitrogens with zero attached hydrogens (tertiary/aromatic N) is 8. The maximum absolute atomic E-state index is 12.5. The monoisotopic (exact) mass is 419 g/mol. The van der Waals surface area contributed by atoms with Crippen molar-refractivity contribution in [1.29, 1.82) is 0 Å². The fourth-order valence-corrected chi connectivity index (χ4v) is 3.80. The van der Waals surface area contributed by atoms with E-state index in [4.69, 9.17) is 9.40 Å². The van der Waals surface area contributed by atoms with Crippen LogP contribution in [0.2, 0.25) is 0 Å². The van der Waals surface area contributed by atoms with Gasteiger partial charge < -0.3 is 19.2 Å². The summed E-state index contributed by atoms with van der Waals surface area (Å²) in [4.78, 5) is 40.3. The van der Waals surface area contributed by atoms with Gasteiger partial charge in [-0.05, 0) is 20.3 Å². The molecule has 4 aromatic rings. The van der Waals surface area contributed by atoms with Gasteiger partial charge in [0.15, 0.2) is 23.4 Å². The lowest BCUT2D eigenvalue weighted by Crippen LogP contribution is -2.31. The third-order valence-corrected chi connectivity index (χ3v) is 5.35. The van der Waals surface area contributed by atoms with E-state index in [-0.39, 0.29) is 17.7 Å². The smallest absolute Gasteiger partial charge is 0.291 e. The molecule has 5 rings (SSSR count). The number of imidazole rings is 1. The molecule has 1 aliphatic heterocycles. The maximum atomic E-state index is 12.5. The molecule has 1 fully saturated rings. The number of aromatic nitrogens is 7. The summed E-state index contributed by atoms with van der Waals surface area (Å²) in [6.45, 7) is 5.74. The Morgan fingerprint density at radius 1 is 1.23 bits per heavy atom. The minimum absolute atomic E-state index is 0.0444. The first-order chi connectivity index (χ1) is 15.1. The van der Waals surface area contributed by atoms with Gasteiger partial charge in [0.2, 0.25) is 5.76 Å². The van der Waals surface area contributed by atoms with Crippen molar-refractivity contribution in [2.24, 2.45) is 0 Å². The highest BCUT2D eigenvalue weighted by Gasteiger charge is 2.29. The van der Waals surface area contributed by atoms with Crippen LogP contribution in [0.1, 0.15) is 29.7 Å². The van der Waals surface area contributed by atoms with Crippen LogP contribution in [-0.4, -0.2) is 64.4 Å². The molecule has 31 heavy (non-hydrogen) atoms. The highest BCUT2D eigenvalue weighted by atomic mass is 16.3. The highest BCUT2D eigenvalue weighted by Crippen LogP contribution is 2.27. The maximum Gasteiger partial charge on any atom is 0.291 e. The van der Waals surface area contributed by atoms with Crippen molar-refractivity contribution in [2.45, 2.75) is 32.9 Å². The van der Waals surface area contributed by atoms with E-state index in [0.29, 0.717) is 36.8 Å². The molecule has 11 heteroatoms. The number of nitrogens with one attached hydrogen (secondary N) is 1. The van der Waals surface area contributed by atoms with Gasteiger partial charge in [-0.25, -0.2) is 29.9 Å². The summed E-state index contributed by atoms with van der Waals surface area (Å²) in [6, 6.07) is 0.0444. The number of amides is 1. The largest absolute Gasteiger partial charge is 0.438 e. The molecule has 1 N–H and O–H groups in total. The van der Waals surface area contributed by atoms with Crippen molar-refractivity contribution < 1.29 is 9.21 Å². The number of hydrogen-bond donors (Lipinski definition) is 1. The van der Waals surface area contributed by atoms with Crippen molar-refractivity contribution in [1.82, 2.24) is 39.4 Å². The predicted octanol–water partition coefficient (Wildman–Crippen LogP) is 1.93. The van der Waals surface area contributed by atoms with Gasteiger partial charge in [0.25, 0.3) is 5.91 Å². The van der Waals surface area contributed by atoms with Crippen molar-refractivity contribution in [3.05, 3.63) is 42.9 Å². The Hall–Kier alpha value is -3.89. The Morgan fingerprint density at radius 2 is 2.06 bits per heavy atom. The molecule has 1 amide bonds. The number of anilines is 1. The second-order valence-corrected chi connectivity index (χ2v) is 7.34. The Kier molecular flexibility index (Phi) is 4.77.